The first kappa shape index (κ1) is 21.8. The number of H-pyrrole nitrogens is 1. The minimum atomic E-state index is -0.214. The molecule has 2 bridgehead atoms. The molecule has 7 nitrogen and oxygen atoms in total. The van der Waals surface area contributed by atoms with Gasteiger partial charge in [-0.25, -0.2) is 9.50 Å². The number of nitrogens with zero attached hydrogens (tertiary/aromatic N) is 4. The van der Waals surface area contributed by atoms with Gasteiger partial charge in [-0.05, 0) is 73.6 Å². The van der Waals surface area contributed by atoms with Crippen LogP contribution in [0.3, 0.4) is 0 Å². The Hall–Kier alpha value is -2.71. The summed E-state index contributed by atoms with van der Waals surface area (Å²) in [6, 6.07) is 0.488. The van der Waals surface area contributed by atoms with Crippen molar-refractivity contribution < 1.29 is 4.79 Å². The number of thiophene rings is 1. The summed E-state index contributed by atoms with van der Waals surface area (Å²) in [4.78, 5) is 24.8. The van der Waals surface area contributed by atoms with E-state index in [9.17, 15) is 4.79 Å². The van der Waals surface area contributed by atoms with Crippen LogP contribution in [0.15, 0.2) is 12.5 Å². The Morgan fingerprint density at radius 2 is 2.03 bits per heavy atom. The first-order valence-corrected chi connectivity index (χ1v) is 13.0. The number of hydrogen-bond donors (Lipinski definition) is 2. The van der Waals surface area contributed by atoms with Crippen molar-refractivity contribution in [3.05, 3.63) is 39.7 Å². The number of aryl methyl sites for hydroxylation is 2. The third-order valence-corrected chi connectivity index (χ3v) is 9.62. The Labute approximate surface area is 203 Å². The number of likely N-dealkylation sites (tertiary alicyclic amines) is 1. The molecule has 8 heteroatoms. The predicted molar refractivity (Wildman–Crippen MR) is 136 cm³/mol. The minimum Gasteiger partial charge on any atom is -0.369 e. The highest BCUT2D eigenvalue weighted by molar-refractivity contribution is 7.19. The van der Waals surface area contributed by atoms with Crippen LogP contribution in [-0.2, 0) is 4.79 Å². The maximum Gasteiger partial charge on any atom is 0.231 e. The number of piperidine rings is 1. The molecular formula is C26H32N6OS. The van der Waals surface area contributed by atoms with Gasteiger partial charge in [0.15, 0.2) is 5.65 Å². The fourth-order valence-corrected chi connectivity index (χ4v) is 8.04. The van der Waals surface area contributed by atoms with Crippen molar-refractivity contribution in [2.45, 2.75) is 65.3 Å². The molecular weight excluding hydrogens is 444 g/mol. The van der Waals surface area contributed by atoms with Gasteiger partial charge in [-0.1, -0.05) is 13.8 Å². The Morgan fingerprint density at radius 3 is 2.71 bits per heavy atom. The van der Waals surface area contributed by atoms with Crippen LogP contribution in [0, 0.1) is 26.7 Å². The number of pyridine rings is 1. The number of carbonyl (C=O) groups is 1. The topological polar surface area (TPSA) is 92.3 Å². The van der Waals surface area contributed by atoms with E-state index >= 15 is 0 Å². The standard InChI is InChI=1S/C26H32N6OS/c1-12(2)21-22-15(5)24(18-7-17-6-16(18)8-31(17)10-20(27)33)34-26(22)30-23(21)19-9-32-25(28-11-29-32)14(4)13(19)3/h9,11-12,16-18,30H,6-8,10H2,1-5H3,(H2,27,33)/t16-,17-,18+/m0/s1. The van der Waals surface area contributed by atoms with Crippen LogP contribution in [-0.4, -0.2) is 49.5 Å². The molecule has 1 saturated heterocycles. The molecule has 3 N–H and O–H groups in total. The lowest BCUT2D eigenvalue weighted by Crippen LogP contribution is -2.40. The van der Waals surface area contributed by atoms with E-state index in [4.69, 9.17) is 5.73 Å². The summed E-state index contributed by atoms with van der Waals surface area (Å²) >= 11 is 1.94. The second-order valence-corrected chi connectivity index (χ2v) is 11.6. The van der Waals surface area contributed by atoms with E-state index in [2.05, 4.69) is 60.8 Å². The molecule has 0 unspecified atom stereocenters. The highest BCUT2D eigenvalue weighted by Gasteiger charge is 2.46. The molecule has 4 aromatic rings. The lowest BCUT2D eigenvalue weighted by Gasteiger charge is -2.30. The quantitative estimate of drug-likeness (QED) is 0.438. The molecule has 0 spiro atoms. The van der Waals surface area contributed by atoms with E-state index in [1.54, 1.807) is 6.33 Å². The molecule has 1 saturated carbocycles. The number of aromatic nitrogens is 4. The molecule has 3 atom stereocenters. The highest BCUT2D eigenvalue weighted by Crippen LogP contribution is 2.53. The molecule has 0 aromatic carbocycles. The molecule has 4 aromatic heterocycles. The van der Waals surface area contributed by atoms with Gasteiger partial charge >= 0.3 is 0 Å². The summed E-state index contributed by atoms with van der Waals surface area (Å²) in [6.07, 6.45) is 6.05. The van der Waals surface area contributed by atoms with Crippen LogP contribution in [0.1, 0.15) is 65.7 Å². The zero-order chi connectivity index (χ0) is 23.9. The van der Waals surface area contributed by atoms with E-state index in [-0.39, 0.29) is 5.91 Å². The maximum absolute atomic E-state index is 11.4. The lowest BCUT2D eigenvalue weighted by molar-refractivity contribution is -0.119. The predicted octanol–water partition coefficient (Wildman–Crippen LogP) is 4.65. The largest absolute Gasteiger partial charge is 0.369 e. The van der Waals surface area contributed by atoms with Crippen molar-refractivity contribution >= 4 is 33.1 Å². The fraction of sp³-hybridized carbons (Fsp3) is 0.500. The number of primary amides is 1. The van der Waals surface area contributed by atoms with Gasteiger partial charge in [-0.3, -0.25) is 9.69 Å². The Balaban J connectivity index is 1.43. The lowest BCUT2D eigenvalue weighted by atomic mass is 9.88. The first-order valence-electron chi connectivity index (χ1n) is 12.2. The Morgan fingerprint density at radius 1 is 1.24 bits per heavy atom. The van der Waals surface area contributed by atoms with Crippen LogP contribution in [0.5, 0.6) is 0 Å². The number of amides is 1. The summed E-state index contributed by atoms with van der Waals surface area (Å²) in [7, 11) is 0. The Bertz CT molecular complexity index is 1440. The smallest absolute Gasteiger partial charge is 0.231 e. The zero-order valence-corrected chi connectivity index (χ0v) is 21.3. The van der Waals surface area contributed by atoms with Gasteiger partial charge in [0.1, 0.15) is 11.2 Å². The summed E-state index contributed by atoms with van der Waals surface area (Å²) in [5, 5.41) is 5.81. The molecule has 6 rings (SSSR count). The number of aromatic amines is 1. The van der Waals surface area contributed by atoms with Crippen molar-refractivity contribution in [3.63, 3.8) is 0 Å². The molecule has 1 aliphatic heterocycles. The maximum atomic E-state index is 11.4. The van der Waals surface area contributed by atoms with Crippen molar-refractivity contribution in [2.24, 2.45) is 11.7 Å². The zero-order valence-electron chi connectivity index (χ0n) is 20.5. The monoisotopic (exact) mass is 476 g/mol. The second kappa shape index (κ2) is 7.65. The number of rotatable bonds is 5. The van der Waals surface area contributed by atoms with E-state index in [1.807, 2.05) is 15.9 Å². The molecule has 2 fully saturated rings. The number of fused-ring (bicyclic) bond motifs is 4. The van der Waals surface area contributed by atoms with E-state index in [0.29, 0.717) is 30.3 Å². The number of hydrogen-bond acceptors (Lipinski definition) is 5. The van der Waals surface area contributed by atoms with Crippen LogP contribution in [0.4, 0.5) is 0 Å². The number of nitrogens with two attached hydrogens (primary N) is 1. The van der Waals surface area contributed by atoms with Crippen molar-refractivity contribution in [1.29, 1.82) is 0 Å². The molecule has 5 heterocycles. The Kier molecular flexibility index (Phi) is 4.90. The average molecular weight is 477 g/mol. The van der Waals surface area contributed by atoms with Crippen molar-refractivity contribution in [3.8, 4) is 11.3 Å². The summed E-state index contributed by atoms with van der Waals surface area (Å²) < 4.78 is 1.89. The SMILES string of the molecule is Cc1c(-c2[nH]c3sc([C@@H]4C[C@@H]5C[C@H]4CN5CC(N)=O)c(C)c3c2C(C)C)cn2ncnc2c1C. The highest BCUT2D eigenvalue weighted by atomic mass is 32.1. The normalized spacial score (nSPS) is 22.7. The number of carbonyl (C=O) groups excluding carboxylic acids is 1. The third kappa shape index (κ3) is 3.08. The van der Waals surface area contributed by atoms with Crippen LogP contribution >= 0.6 is 11.3 Å². The van der Waals surface area contributed by atoms with Gasteiger partial charge in [0.2, 0.25) is 5.91 Å². The van der Waals surface area contributed by atoms with Gasteiger partial charge in [-0.2, -0.15) is 5.10 Å². The van der Waals surface area contributed by atoms with E-state index in [0.717, 1.165) is 18.6 Å². The van der Waals surface area contributed by atoms with Crippen molar-refractivity contribution in [2.75, 3.05) is 13.1 Å². The van der Waals surface area contributed by atoms with E-state index in [1.165, 1.54) is 55.0 Å². The summed E-state index contributed by atoms with van der Waals surface area (Å²) in [5.74, 6) is 1.38. The van der Waals surface area contributed by atoms with Gasteiger partial charge < -0.3 is 10.7 Å². The van der Waals surface area contributed by atoms with E-state index < -0.39 is 0 Å². The first-order chi connectivity index (χ1) is 16.2. The van der Waals surface area contributed by atoms with Gasteiger partial charge in [-0.15, -0.1) is 11.3 Å². The molecule has 1 amide bonds. The van der Waals surface area contributed by atoms with Gasteiger partial charge in [0, 0.05) is 34.6 Å². The second-order valence-electron chi connectivity index (χ2n) is 10.6. The molecule has 178 valence electrons. The number of nitrogens with one attached hydrogen (secondary N) is 1. The molecule has 1 aliphatic carbocycles. The summed E-state index contributed by atoms with van der Waals surface area (Å²) in [5.41, 5.74) is 14.0. The average Bonchev–Trinajstić information content (AvgIpc) is 3.57. The fourth-order valence-electron chi connectivity index (χ4n) is 6.61. The van der Waals surface area contributed by atoms with Crippen molar-refractivity contribution in [1.82, 2.24) is 24.5 Å². The van der Waals surface area contributed by atoms with Crippen LogP contribution < -0.4 is 5.73 Å². The summed E-state index contributed by atoms with van der Waals surface area (Å²) in [6.45, 7) is 12.6. The minimum absolute atomic E-state index is 0.214. The van der Waals surface area contributed by atoms with Crippen LogP contribution in [0.25, 0.3) is 27.1 Å². The third-order valence-electron chi connectivity index (χ3n) is 8.28. The molecule has 0 radical (unpaired) electrons. The molecule has 2 aliphatic rings. The molecule has 34 heavy (non-hydrogen) atoms. The van der Waals surface area contributed by atoms with Gasteiger partial charge in [0.25, 0.3) is 0 Å². The van der Waals surface area contributed by atoms with Crippen LogP contribution in [0.2, 0.25) is 0 Å². The van der Waals surface area contributed by atoms with Gasteiger partial charge in [0.05, 0.1) is 12.2 Å².